The number of carbonyl (C=O) groups is 1. The summed E-state index contributed by atoms with van der Waals surface area (Å²) in [5.74, 6) is 2.32. The third kappa shape index (κ3) is 3.94. The van der Waals surface area contributed by atoms with Gasteiger partial charge in [0.1, 0.15) is 5.82 Å². The summed E-state index contributed by atoms with van der Waals surface area (Å²) in [5, 5.41) is 3.17. The predicted molar refractivity (Wildman–Crippen MR) is 92.9 cm³/mol. The van der Waals surface area contributed by atoms with Crippen molar-refractivity contribution >= 4 is 5.91 Å². The first-order chi connectivity index (χ1) is 11.8. The van der Waals surface area contributed by atoms with Crippen LogP contribution in [0.25, 0.3) is 0 Å². The van der Waals surface area contributed by atoms with Crippen molar-refractivity contribution in [2.75, 3.05) is 19.6 Å². The minimum atomic E-state index is -0.0217. The molecule has 3 aliphatic rings. The number of hydrogen-bond acceptors (Lipinski definition) is 4. The molecule has 1 saturated heterocycles. The minimum absolute atomic E-state index is 0.0217. The quantitative estimate of drug-likeness (QED) is 0.903. The van der Waals surface area contributed by atoms with Gasteiger partial charge in [-0.05, 0) is 44.4 Å². The summed E-state index contributed by atoms with van der Waals surface area (Å²) < 4.78 is 0. The second-order valence-electron chi connectivity index (χ2n) is 7.80. The lowest BCUT2D eigenvalue weighted by Crippen LogP contribution is -2.45. The Morgan fingerprint density at radius 1 is 1.04 bits per heavy atom. The fourth-order valence-electron chi connectivity index (χ4n) is 4.09. The van der Waals surface area contributed by atoms with Gasteiger partial charge >= 0.3 is 0 Å². The lowest BCUT2D eigenvalue weighted by Gasteiger charge is -2.33. The van der Waals surface area contributed by atoms with E-state index >= 15 is 0 Å². The largest absolute Gasteiger partial charge is 0.349 e. The lowest BCUT2D eigenvalue weighted by atomic mass is 10.0. The highest BCUT2D eigenvalue weighted by Gasteiger charge is 2.27. The molecule has 1 amide bonds. The summed E-state index contributed by atoms with van der Waals surface area (Å²) >= 11 is 0. The zero-order valence-electron chi connectivity index (χ0n) is 14.4. The van der Waals surface area contributed by atoms with Gasteiger partial charge in [-0.2, -0.15) is 0 Å². The van der Waals surface area contributed by atoms with Crippen molar-refractivity contribution in [3.05, 3.63) is 23.8 Å². The fourth-order valence-corrected chi connectivity index (χ4v) is 4.09. The number of nitrogens with one attached hydrogen (secondary N) is 1. The Morgan fingerprint density at radius 3 is 2.33 bits per heavy atom. The first-order valence-corrected chi connectivity index (χ1v) is 9.63. The van der Waals surface area contributed by atoms with E-state index in [1.165, 1.54) is 45.1 Å². The Kier molecular flexibility index (Phi) is 4.79. The van der Waals surface area contributed by atoms with E-state index in [1.807, 2.05) is 0 Å². The maximum absolute atomic E-state index is 12.4. The number of piperidine rings is 1. The van der Waals surface area contributed by atoms with Gasteiger partial charge in [-0.15, -0.1) is 0 Å². The highest BCUT2D eigenvalue weighted by Crippen LogP contribution is 2.37. The zero-order valence-corrected chi connectivity index (χ0v) is 14.4. The number of rotatable bonds is 5. The minimum Gasteiger partial charge on any atom is -0.349 e. The molecule has 5 heteroatoms. The van der Waals surface area contributed by atoms with Crippen LogP contribution >= 0.6 is 0 Å². The fraction of sp³-hybridized carbons (Fsp3) is 0.737. The third-order valence-corrected chi connectivity index (χ3v) is 5.79. The van der Waals surface area contributed by atoms with Gasteiger partial charge in [-0.1, -0.05) is 12.8 Å². The van der Waals surface area contributed by atoms with Crippen LogP contribution in [0.1, 0.15) is 73.5 Å². The van der Waals surface area contributed by atoms with Gasteiger partial charge in [0.15, 0.2) is 0 Å². The smallest absolute Gasteiger partial charge is 0.254 e. The van der Waals surface area contributed by atoms with Crippen LogP contribution < -0.4 is 5.32 Å². The second kappa shape index (κ2) is 7.18. The average Bonchev–Trinajstić information content (AvgIpc) is 3.34. The molecule has 1 N–H and O–H groups in total. The van der Waals surface area contributed by atoms with Gasteiger partial charge in [0.25, 0.3) is 5.91 Å². The maximum atomic E-state index is 12.4. The Balaban J connectivity index is 1.23. The normalized spacial score (nSPS) is 23.5. The number of nitrogens with zero attached hydrogens (tertiary/aromatic N) is 3. The first kappa shape index (κ1) is 16.0. The molecular formula is C19H28N4O. The van der Waals surface area contributed by atoms with Crippen molar-refractivity contribution < 1.29 is 4.79 Å². The molecule has 130 valence electrons. The molecule has 0 atom stereocenters. The summed E-state index contributed by atoms with van der Waals surface area (Å²) in [4.78, 5) is 23.6. The molecular weight excluding hydrogens is 300 g/mol. The van der Waals surface area contributed by atoms with E-state index in [-0.39, 0.29) is 5.91 Å². The van der Waals surface area contributed by atoms with Gasteiger partial charge in [0.2, 0.25) is 0 Å². The maximum Gasteiger partial charge on any atom is 0.254 e. The molecule has 1 aromatic heterocycles. The number of likely N-dealkylation sites (tertiary alicyclic amines) is 1. The van der Waals surface area contributed by atoms with Crippen molar-refractivity contribution in [1.29, 1.82) is 0 Å². The van der Waals surface area contributed by atoms with Crippen molar-refractivity contribution in [3.8, 4) is 0 Å². The van der Waals surface area contributed by atoms with Crippen molar-refractivity contribution in [2.24, 2.45) is 5.92 Å². The standard InChI is InChI=1S/C19H28N4O/c24-19(16-11-20-18(21-12-16)15-5-6-15)22-17-7-9-23(10-8-17)13-14-3-1-2-4-14/h11-12,14-15,17H,1-10,13H2,(H,22,24). The molecule has 0 spiro atoms. The zero-order chi connectivity index (χ0) is 16.4. The van der Waals surface area contributed by atoms with Crippen molar-refractivity contribution in [3.63, 3.8) is 0 Å². The van der Waals surface area contributed by atoms with Crippen molar-refractivity contribution in [2.45, 2.75) is 63.3 Å². The van der Waals surface area contributed by atoms with Crippen molar-refractivity contribution in [1.82, 2.24) is 20.2 Å². The molecule has 1 aromatic rings. The van der Waals surface area contributed by atoms with Gasteiger partial charge in [-0.25, -0.2) is 9.97 Å². The average molecular weight is 328 g/mol. The molecule has 2 aliphatic carbocycles. The van der Waals surface area contributed by atoms with Crippen LogP contribution in [-0.4, -0.2) is 46.5 Å². The monoisotopic (exact) mass is 328 g/mol. The molecule has 4 rings (SSSR count). The van der Waals surface area contributed by atoms with E-state index in [1.54, 1.807) is 12.4 Å². The Bertz CT molecular complexity index is 555. The van der Waals surface area contributed by atoms with E-state index < -0.39 is 0 Å². The van der Waals surface area contributed by atoms with Crippen LogP contribution in [0.3, 0.4) is 0 Å². The Hall–Kier alpha value is -1.49. The summed E-state index contributed by atoms with van der Waals surface area (Å²) in [5.41, 5.74) is 0.591. The summed E-state index contributed by atoms with van der Waals surface area (Å²) in [6, 6.07) is 0.292. The van der Waals surface area contributed by atoms with E-state index in [0.717, 1.165) is 37.7 Å². The van der Waals surface area contributed by atoms with E-state index in [9.17, 15) is 4.79 Å². The Labute approximate surface area is 144 Å². The molecule has 24 heavy (non-hydrogen) atoms. The molecule has 0 bridgehead atoms. The molecule has 0 radical (unpaired) electrons. The first-order valence-electron chi connectivity index (χ1n) is 9.63. The molecule has 0 unspecified atom stereocenters. The molecule has 0 aromatic carbocycles. The van der Waals surface area contributed by atoms with Gasteiger partial charge in [0.05, 0.1) is 5.56 Å². The van der Waals surface area contributed by atoms with Crippen LogP contribution in [0.2, 0.25) is 0 Å². The third-order valence-electron chi connectivity index (χ3n) is 5.79. The summed E-state index contributed by atoms with van der Waals surface area (Å²) in [6.45, 7) is 3.48. The lowest BCUT2D eigenvalue weighted by molar-refractivity contribution is 0.0905. The molecule has 3 fully saturated rings. The van der Waals surface area contributed by atoms with E-state index in [4.69, 9.17) is 0 Å². The number of carbonyl (C=O) groups excluding carboxylic acids is 1. The van der Waals surface area contributed by atoms with E-state index in [0.29, 0.717) is 17.5 Å². The topological polar surface area (TPSA) is 58.1 Å². The van der Waals surface area contributed by atoms with Gasteiger partial charge in [0, 0.05) is 44.0 Å². The molecule has 2 saturated carbocycles. The number of hydrogen-bond donors (Lipinski definition) is 1. The molecule has 1 aliphatic heterocycles. The summed E-state index contributed by atoms with van der Waals surface area (Å²) in [7, 11) is 0. The second-order valence-corrected chi connectivity index (χ2v) is 7.80. The summed E-state index contributed by atoms with van der Waals surface area (Å²) in [6.07, 6.45) is 13.5. The van der Waals surface area contributed by atoms with Crippen LogP contribution in [0.5, 0.6) is 0 Å². The highest BCUT2D eigenvalue weighted by atomic mass is 16.1. The predicted octanol–water partition coefficient (Wildman–Crippen LogP) is 2.74. The van der Waals surface area contributed by atoms with Gasteiger partial charge in [-0.3, -0.25) is 4.79 Å². The number of aromatic nitrogens is 2. The van der Waals surface area contributed by atoms with Crippen LogP contribution in [-0.2, 0) is 0 Å². The van der Waals surface area contributed by atoms with E-state index in [2.05, 4.69) is 20.2 Å². The SMILES string of the molecule is O=C(NC1CCN(CC2CCCC2)CC1)c1cnc(C2CC2)nc1. The Morgan fingerprint density at radius 2 is 1.71 bits per heavy atom. The number of amides is 1. The molecule has 5 nitrogen and oxygen atoms in total. The van der Waals surface area contributed by atoms with Crippen LogP contribution in [0.15, 0.2) is 12.4 Å². The highest BCUT2D eigenvalue weighted by molar-refractivity contribution is 5.93. The van der Waals surface area contributed by atoms with Crippen LogP contribution in [0.4, 0.5) is 0 Å². The van der Waals surface area contributed by atoms with Gasteiger partial charge < -0.3 is 10.2 Å². The molecule has 2 heterocycles. The van der Waals surface area contributed by atoms with Crippen LogP contribution in [0, 0.1) is 5.92 Å².